The maximum absolute atomic E-state index is 12.5. The number of carboxylic acid groups (broad SMARTS) is 1. The van der Waals surface area contributed by atoms with Crippen LogP contribution in [0, 0.1) is 11.8 Å². The van der Waals surface area contributed by atoms with Gasteiger partial charge in [-0.05, 0) is 11.8 Å². The van der Waals surface area contributed by atoms with E-state index < -0.39 is 36.2 Å². The van der Waals surface area contributed by atoms with Gasteiger partial charge in [-0.25, -0.2) is 0 Å². The van der Waals surface area contributed by atoms with Crippen molar-refractivity contribution in [3.05, 3.63) is 11.6 Å². The molecule has 6 N–H and O–H groups in total. The maximum Gasteiger partial charge on any atom is 0.278 e. The molecule has 28 heavy (non-hydrogen) atoms. The van der Waals surface area contributed by atoms with Crippen LogP contribution in [0.25, 0.3) is 0 Å². The summed E-state index contributed by atoms with van der Waals surface area (Å²) in [7, 11) is 1.78. The number of aliphatic hydroxyl groups excluding tert-OH is 2. The second-order valence-electron chi connectivity index (χ2n) is 8.07. The molecule has 0 unspecified atom stereocenters. The van der Waals surface area contributed by atoms with Crippen LogP contribution in [0.3, 0.4) is 0 Å². The molecule has 9 nitrogen and oxygen atoms in total. The number of quaternary nitrogens is 1. The predicted molar refractivity (Wildman–Crippen MR) is 99.5 cm³/mol. The van der Waals surface area contributed by atoms with Gasteiger partial charge >= 0.3 is 0 Å². The number of nitrogens with two attached hydrogens (primary N) is 1. The van der Waals surface area contributed by atoms with Crippen molar-refractivity contribution >= 4 is 17.8 Å². The molecular weight excluding hydrogens is 366 g/mol. The first kappa shape index (κ1) is 24.1. The molecule has 0 saturated carbocycles. The van der Waals surface area contributed by atoms with E-state index in [1.807, 2.05) is 13.8 Å². The zero-order valence-corrected chi connectivity index (χ0v) is 17.1. The van der Waals surface area contributed by atoms with Crippen LogP contribution >= 0.6 is 0 Å². The van der Waals surface area contributed by atoms with Crippen molar-refractivity contribution in [1.82, 2.24) is 10.6 Å². The first-order valence-electron chi connectivity index (χ1n) is 9.66. The third-order valence-electron chi connectivity index (χ3n) is 4.84. The Labute approximate surface area is 165 Å². The normalized spacial score (nSPS) is 24.5. The number of hydrogen-bond acceptors (Lipinski definition) is 6. The van der Waals surface area contributed by atoms with Gasteiger partial charge in [0.1, 0.15) is 6.10 Å². The van der Waals surface area contributed by atoms with Gasteiger partial charge in [0.25, 0.3) is 5.91 Å². The lowest BCUT2D eigenvalue weighted by atomic mass is 9.89. The fourth-order valence-electron chi connectivity index (χ4n) is 3.17. The number of hydrogen-bond donors (Lipinski definition) is 5. The number of rotatable bonds is 9. The van der Waals surface area contributed by atoms with Crippen LogP contribution in [0.15, 0.2) is 11.6 Å². The number of carbonyl (C=O) groups excluding carboxylic acids is 3. The molecule has 0 heterocycles. The second kappa shape index (κ2) is 10.5. The molecule has 5 atom stereocenters. The molecule has 1 aliphatic carbocycles. The Morgan fingerprint density at radius 3 is 2.32 bits per heavy atom. The van der Waals surface area contributed by atoms with Crippen molar-refractivity contribution in [2.75, 3.05) is 7.05 Å². The number of carbonyl (C=O) groups is 3. The van der Waals surface area contributed by atoms with E-state index in [1.165, 1.54) is 6.08 Å². The zero-order valence-electron chi connectivity index (χ0n) is 17.1. The molecule has 2 amide bonds. The van der Waals surface area contributed by atoms with Gasteiger partial charge in [-0.1, -0.05) is 33.8 Å². The van der Waals surface area contributed by atoms with E-state index >= 15 is 0 Å². The van der Waals surface area contributed by atoms with E-state index in [1.54, 1.807) is 26.2 Å². The van der Waals surface area contributed by atoms with Gasteiger partial charge in [0.15, 0.2) is 6.04 Å². The molecule has 0 spiro atoms. The lowest BCUT2D eigenvalue weighted by molar-refractivity contribution is -0.651. The van der Waals surface area contributed by atoms with Gasteiger partial charge in [-0.3, -0.25) is 9.59 Å². The van der Waals surface area contributed by atoms with E-state index in [0.29, 0.717) is 12.3 Å². The second-order valence-corrected chi connectivity index (χ2v) is 8.07. The Balaban J connectivity index is 2.95. The van der Waals surface area contributed by atoms with Crippen molar-refractivity contribution in [2.45, 2.75) is 70.9 Å². The van der Waals surface area contributed by atoms with Crippen LogP contribution < -0.4 is 21.1 Å². The molecule has 0 aromatic carbocycles. The smallest absolute Gasteiger partial charge is 0.278 e. The number of aliphatic carboxylic acids is 1. The van der Waals surface area contributed by atoms with Gasteiger partial charge in [-0.15, -0.1) is 0 Å². The minimum absolute atomic E-state index is 0.107. The molecule has 0 fully saturated rings. The van der Waals surface area contributed by atoms with Crippen LogP contribution in [-0.2, 0) is 14.4 Å². The van der Waals surface area contributed by atoms with Crippen LogP contribution in [0.5, 0.6) is 0 Å². The molecule has 1 rings (SSSR count). The SMILES string of the molecule is C[NH2+][C@@H](CC(C)C)C(=O)N[C@@H]1C=C(C(=O)N[C@@H](C(=O)[O-])C(C)C)C[C@@H](O)[C@@H]1O. The molecule has 160 valence electrons. The summed E-state index contributed by atoms with van der Waals surface area (Å²) in [5, 5.41) is 38.3. The van der Waals surface area contributed by atoms with Crippen molar-refractivity contribution in [2.24, 2.45) is 11.8 Å². The molecule has 9 heteroatoms. The summed E-state index contributed by atoms with van der Waals surface area (Å²) in [6.07, 6.45) is -0.664. The molecule has 0 aromatic rings. The summed E-state index contributed by atoms with van der Waals surface area (Å²) in [5.74, 6) is -2.47. The molecule has 0 aromatic heterocycles. The maximum atomic E-state index is 12.5. The van der Waals surface area contributed by atoms with E-state index in [-0.39, 0.29) is 29.9 Å². The van der Waals surface area contributed by atoms with Gasteiger partial charge in [0, 0.05) is 18.4 Å². The summed E-state index contributed by atoms with van der Waals surface area (Å²) >= 11 is 0. The number of nitrogens with one attached hydrogen (secondary N) is 2. The Hall–Kier alpha value is -1.97. The number of aliphatic hydroxyl groups is 2. The lowest BCUT2D eigenvalue weighted by Crippen LogP contribution is -2.89. The van der Waals surface area contributed by atoms with Crippen LogP contribution in [0.4, 0.5) is 0 Å². The van der Waals surface area contributed by atoms with Crippen LogP contribution in [-0.4, -0.2) is 65.4 Å². The molecule has 0 saturated heterocycles. The molecule has 0 radical (unpaired) electrons. The monoisotopic (exact) mass is 399 g/mol. The summed E-state index contributed by atoms with van der Waals surface area (Å²) in [6, 6.07) is -2.50. The Morgan fingerprint density at radius 1 is 1.25 bits per heavy atom. The Morgan fingerprint density at radius 2 is 1.86 bits per heavy atom. The first-order valence-corrected chi connectivity index (χ1v) is 9.66. The van der Waals surface area contributed by atoms with Crippen molar-refractivity contribution < 1.29 is 35.0 Å². The molecule has 0 bridgehead atoms. The van der Waals surface area contributed by atoms with Crippen molar-refractivity contribution in [1.29, 1.82) is 0 Å². The fraction of sp³-hybridized carbons (Fsp3) is 0.737. The van der Waals surface area contributed by atoms with Crippen molar-refractivity contribution in [3.8, 4) is 0 Å². The predicted octanol–water partition coefficient (Wildman–Crippen LogP) is -2.98. The minimum atomic E-state index is -1.40. The highest BCUT2D eigenvalue weighted by atomic mass is 16.4. The largest absolute Gasteiger partial charge is 0.548 e. The minimum Gasteiger partial charge on any atom is -0.548 e. The standard InChI is InChI=1S/C19H33N3O6/c1-9(2)6-13(20-5)18(26)21-12-7-11(8-14(23)16(12)24)17(25)22-15(10(3)4)19(27)28/h7,9-10,12-16,20,23-24H,6,8H2,1-5H3,(H,21,26)(H,22,25)(H,27,28)/t12-,13+,14-,15-,16-/m1/s1. The Kier molecular flexibility index (Phi) is 9.06. The summed E-state index contributed by atoms with van der Waals surface area (Å²) in [5.41, 5.74) is 0.107. The topological polar surface area (TPSA) is 155 Å². The van der Waals surface area contributed by atoms with Crippen LogP contribution in [0.2, 0.25) is 0 Å². The highest BCUT2D eigenvalue weighted by Crippen LogP contribution is 2.20. The van der Waals surface area contributed by atoms with Crippen molar-refractivity contribution in [3.63, 3.8) is 0 Å². The summed E-state index contributed by atoms with van der Waals surface area (Å²) in [4.78, 5) is 36.2. The molecule has 1 aliphatic rings. The highest BCUT2D eigenvalue weighted by molar-refractivity contribution is 5.96. The van der Waals surface area contributed by atoms with Gasteiger partial charge in [0.2, 0.25) is 5.91 Å². The zero-order chi connectivity index (χ0) is 21.6. The quantitative estimate of drug-likeness (QED) is 0.279. The van der Waals surface area contributed by atoms with E-state index in [2.05, 4.69) is 10.6 Å². The summed E-state index contributed by atoms with van der Waals surface area (Å²) in [6.45, 7) is 7.25. The van der Waals surface area contributed by atoms with Gasteiger partial charge in [-0.2, -0.15) is 0 Å². The summed E-state index contributed by atoms with van der Waals surface area (Å²) < 4.78 is 0. The van der Waals surface area contributed by atoms with E-state index in [0.717, 1.165) is 0 Å². The third kappa shape index (κ3) is 6.57. The highest BCUT2D eigenvalue weighted by Gasteiger charge is 2.36. The molecular formula is C19H33N3O6. The van der Waals surface area contributed by atoms with Crippen LogP contribution in [0.1, 0.15) is 40.5 Å². The first-order chi connectivity index (χ1) is 13.0. The van der Waals surface area contributed by atoms with E-state index in [9.17, 15) is 29.7 Å². The van der Waals surface area contributed by atoms with E-state index in [4.69, 9.17) is 0 Å². The number of carboxylic acids is 1. The average Bonchev–Trinajstić information content (AvgIpc) is 2.59. The van der Waals surface area contributed by atoms with Gasteiger partial charge in [0.05, 0.1) is 31.2 Å². The lowest BCUT2D eigenvalue weighted by Gasteiger charge is -2.32. The third-order valence-corrected chi connectivity index (χ3v) is 4.84. The molecule has 0 aliphatic heterocycles. The average molecular weight is 399 g/mol. The number of amides is 2. The number of likely N-dealkylation sites (N-methyl/N-ethyl adjacent to an activating group) is 1. The fourth-order valence-corrected chi connectivity index (χ4v) is 3.17. The Bertz CT molecular complexity index is 604. The van der Waals surface area contributed by atoms with Gasteiger partial charge < -0.3 is 36.1 Å².